The Balaban J connectivity index is 0.000000561. The van der Waals surface area contributed by atoms with E-state index in [-0.39, 0.29) is 0 Å². The molecule has 1 heterocycles. The van der Waals surface area contributed by atoms with Gasteiger partial charge in [-0.2, -0.15) is 4.57 Å². The van der Waals surface area contributed by atoms with Gasteiger partial charge in [-0.25, -0.2) is 4.98 Å². The quantitative estimate of drug-likeness (QED) is 0.572. The van der Waals surface area contributed by atoms with Crippen LogP contribution < -0.4 is 4.57 Å². The van der Waals surface area contributed by atoms with Crippen molar-refractivity contribution in [1.29, 1.82) is 0 Å². The predicted octanol–water partition coefficient (Wildman–Crippen LogP) is 5.09. The zero-order valence-corrected chi connectivity index (χ0v) is 14.6. The van der Waals surface area contributed by atoms with Crippen molar-refractivity contribution in [2.75, 3.05) is 0 Å². The molecule has 2 heteroatoms. The zero-order chi connectivity index (χ0) is 16.5. The molecule has 0 atom stereocenters. The minimum atomic E-state index is 1.02. The summed E-state index contributed by atoms with van der Waals surface area (Å²) < 4.78 is 2.13. The maximum Gasteiger partial charge on any atom is 0.230 e. The van der Waals surface area contributed by atoms with Gasteiger partial charge < -0.3 is 0 Å². The Morgan fingerprint density at radius 3 is 2.09 bits per heavy atom. The number of hydrogen-bond donors (Lipinski definition) is 0. The van der Waals surface area contributed by atoms with Crippen LogP contribution in [0.15, 0.2) is 54.7 Å². The monoisotopic (exact) mass is 295 g/mol. The molecule has 3 rings (SSSR count). The molecule has 0 aliphatic rings. The van der Waals surface area contributed by atoms with Crippen LogP contribution in [0.3, 0.4) is 0 Å². The molecule has 0 radical (unpaired) electrons. The molecule has 2 nitrogen and oxygen atoms in total. The van der Waals surface area contributed by atoms with E-state index in [0.717, 1.165) is 16.7 Å². The van der Waals surface area contributed by atoms with Crippen molar-refractivity contribution in [1.82, 2.24) is 4.98 Å². The zero-order valence-electron chi connectivity index (χ0n) is 14.6. The third-order valence-corrected chi connectivity index (χ3v) is 3.24. The Morgan fingerprint density at radius 1 is 0.818 bits per heavy atom. The fourth-order valence-electron chi connectivity index (χ4n) is 2.26. The normalized spacial score (nSPS) is 9.36. The standard InChI is InChI=1S/C16H15N2.2C2H6/c1-12-7-3-4-8-13(12)15-11-18(2)16-10-6-5-9-14(16)17-15;2*1-2/h3-11H,1-2H3;2*1-2H3/q+1;;. The predicted molar refractivity (Wildman–Crippen MR) is 95.8 cm³/mol. The van der Waals surface area contributed by atoms with Gasteiger partial charge >= 0.3 is 0 Å². The first-order valence-corrected chi connectivity index (χ1v) is 8.07. The summed E-state index contributed by atoms with van der Waals surface area (Å²) in [5.74, 6) is 0. The summed E-state index contributed by atoms with van der Waals surface area (Å²) in [5, 5.41) is 0. The number of fused-ring (bicyclic) bond motifs is 1. The van der Waals surface area contributed by atoms with Crippen molar-refractivity contribution in [3.63, 3.8) is 0 Å². The lowest BCUT2D eigenvalue weighted by Gasteiger charge is -2.04. The summed E-state index contributed by atoms with van der Waals surface area (Å²) >= 11 is 0. The summed E-state index contributed by atoms with van der Waals surface area (Å²) in [6, 6.07) is 16.5. The van der Waals surface area contributed by atoms with Gasteiger partial charge in [0.15, 0.2) is 6.20 Å². The van der Waals surface area contributed by atoms with E-state index in [1.165, 1.54) is 11.1 Å². The Labute approximate surface area is 134 Å². The maximum atomic E-state index is 4.75. The summed E-state index contributed by atoms with van der Waals surface area (Å²) in [6.07, 6.45) is 2.09. The van der Waals surface area contributed by atoms with Crippen molar-refractivity contribution in [3.05, 3.63) is 60.3 Å². The molecule has 0 saturated heterocycles. The minimum absolute atomic E-state index is 1.02. The van der Waals surface area contributed by atoms with Gasteiger partial charge in [0.25, 0.3) is 0 Å². The number of para-hydroxylation sites is 2. The highest BCUT2D eigenvalue weighted by Crippen LogP contribution is 2.21. The summed E-state index contributed by atoms with van der Waals surface area (Å²) in [6.45, 7) is 10.1. The third kappa shape index (κ3) is 3.91. The van der Waals surface area contributed by atoms with E-state index in [0.29, 0.717) is 0 Å². The van der Waals surface area contributed by atoms with Gasteiger partial charge in [-0.3, -0.25) is 0 Å². The van der Waals surface area contributed by atoms with Crippen molar-refractivity contribution in [2.45, 2.75) is 34.6 Å². The smallest absolute Gasteiger partial charge is 0.230 e. The minimum Gasteiger partial charge on any atom is -0.235 e. The van der Waals surface area contributed by atoms with E-state index in [2.05, 4.69) is 61.1 Å². The van der Waals surface area contributed by atoms with E-state index in [9.17, 15) is 0 Å². The van der Waals surface area contributed by atoms with E-state index in [1.807, 2.05) is 39.8 Å². The number of aromatic nitrogens is 2. The van der Waals surface area contributed by atoms with Crippen LogP contribution in [0.2, 0.25) is 0 Å². The van der Waals surface area contributed by atoms with Gasteiger partial charge in [0, 0.05) is 11.6 Å². The van der Waals surface area contributed by atoms with Gasteiger partial charge in [0.05, 0.1) is 0 Å². The topological polar surface area (TPSA) is 16.8 Å². The Hall–Kier alpha value is -2.22. The van der Waals surface area contributed by atoms with Crippen LogP contribution in [-0.4, -0.2) is 4.98 Å². The number of hydrogen-bond acceptors (Lipinski definition) is 1. The molecule has 0 spiro atoms. The molecule has 3 aromatic rings. The molecular weight excluding hydrogens is 268 g/mol. The number of aryl methyl sites for hydroxylation is 2. The number of benzene rings is 2. The van der Waals surface area contributed by atoms with Crippen LogP contribution in [0.25, 0.3) is 22.3 Å². The molecular formula is C20H27N2+. The van der Waals surface area contributed by atoms with Crippen LogP contribution >= 0.6 is 0 Å². The summed E-state index contributed by atoms with van der Waals surface area (Å²) in [5.41, 5.74) is 5.64. The van der Waals surface area contributed by atoms with Crippen LogP contribution in [0.5, 0.6) is 0 Å². The molecule has 0 fully saturated rings. The summed E-state index contributed by atoms with van der Waals surface area (Å²) in [4.78, 5) is 4.75. The summed E-state index contributed by atoms with van der Waals surface area (Å²) in [7, 11) is 2.06. The molecule has 2 aromatic carbocycles. The first-order valence-electron chi connectivity index (χ1n) is 8.07. The molecule has 0 saturated carbocycles. The van der Waals surface area contributed by atoms with Crippen LogP contribution in [0.1, 0.15) is 33.3 Å². The highest BCUT2D eigenvalue weighted by Gasteiger charge is 2.11. The van der Waals surface area contributed by atoms with Crippen molar-refractivity contribution >= 4 is 11.0 Å². The van der Waals surface area contributed by atoms with Crippen LogP contribution in [0.4, 0.5) is 0 Å². The molecule has 0 bridgehead atoms. The number of rotatable bonds is 1. The van der Waals surface area contributed by atoms with Gasteiger partial charge in [-0.15, -0.1) is 0 Å². The largest absolute Gasteiger partial charge is 0.235 e. The highest BCUT2D eigenvalue weighted by atomic mass is 14.9. The average Bonchev–Trinajstić information content (AvgIpc) is 2.59. The van der Waals surface area contributed by atoms with E-state index < -0.39 is 0 Å². The Kier molecular flexibility index (Phi) is 7.24. The Bertz CT molecular complexity index is 718. The van der Waals surface area contributed by atoms with Crippen LogP contribution in [-0.2, 0) is 7.05 Å². The molecule has 0 amide bonds. The van der Waals surface area contributed by atoms with Gasteiger partial charge in [-0.1, -0.05) is 64.1 Å². The molecule has 22 heavy (non-hydrogen) atoms. The lowest BCUT2D eigenvalue weighted by atomic mass is 10.1. The third-order valence-electron chi connectivity index (χ3n) is 3.24. The maximum absolute atomic E-state index is 4.75. The average molecular weight is 295 g/mol. The van der Waals surface area contributed by atoms with E-state index >= 15 is 0 Å². The van der Waals surface area contributed by atoms with Crippen molar-refractivity contribution in [2.24, 2.45) is 7.05 Å². The number of nitrogens with zero attached hydrogens (tertiary/aromatic N) is 2. The van der Waals surface area contributed by atoms with Gasteiger partial charge in [0.1, 0.15) is 18.3 Å². The molecule has 0 N–H and O–H groups in total. The SMILES string of the molecule is CC.CC.Cc1ccccc1-c1c[n+](C)c2ccccc2n1. The first-order chi connectivity index (χ1) is 10.8. The first kappa shape index (κ1) is 17.8. The lowest BCUT2D eigenvalue weighted by molar-refractivity contribution is -0.644. The molecule has 1 aromatic heterocycles. The second-order valence-corrected chi connectivity index (χ2v) is 4.54. The van der Waals surface area contributed by atoms with Crippen LogP contribution in [0, 0.1) is 6.92 Å². The second kappa shape index (κ2) is 8.93. The van der Waals surface area contributed by atoms with Crippen molar-refractivity contribution in [3.8, 4) is 11.3 Å². The van der Waals surface area contributed by atoms with E-state index in [4.69, 9.17) is 4.98 Å². The highest BCUT2D eigenvalue weighted by molar-refractivity contribution is 5.74. The fraction of sp³-hybridized carbons (Fsp3) is 0.300. The fourth-order valence-corrected chi connectivity index (χ4v) is 2.26. The molecule has 0 aliphatic heterocycles. The molecule has 0 unspecified atom stereocenters. The Morgan fingerprint density at radius 2 is 1.41 bits per heavy atom. The van der Waals surface area contributed by atoms with Gasteiger partial charge in [0.2, 0.25) is 5.52 Å². The van der Waals surface area contributed by atoms with Gasteiger partial charge in [-0.05, 0) is 18.6 Å². The second-order valence-electron chi connectivity index (χ2n) is 4.54. The molecule has 116 valence electrons. The van der Waals surface area contributed by atoms with E-state index in [1.54, 1.807) is 0 Å². The van der Waals surface area contributed by atoms with Crippen molar-refractivity contribution < 1.29 is 4.57 Å². The lowest BCUT2D eigenvalue weighted by Crippen LogP contribution is -2.29. The molecule has 0 aliphatic carbocycles.